The number of hydrogen-bond donors (Lipinski definition) is 3. The molecule has 2 aromatic rings. The fraction of sp³-hybridized carbons (Fsp3) is 0.214. The van der Waals surface area contributed by atoms with E-state index < -0.39 is 17.9 Å². The average Bonchev–Trinajstić information content (AvgIpc) is 2.86. The molecule has 0 aliphatic carbocycles. The minimum absolute atomic E-state index is 0.141. The molecule has 1 aromatic carbocycles. The Morgan fingerprint density at radius 2 is 2.14 bits per heavy atom. The molecule has 1 aromatic heterocycles. The highest BCUT2D eigenvalue weighted by atomic mass is 16.4. The Kier molecular flexibility index (Phi) is 4.04. The minimum atomic E-state index is -1.04. The number of aromatic carboxylic acids is 1. The Bertz CT molecular complexity index is 693. The van der Waals surface area contributed by atoms with E-state index in [1.807, 2.05) is 0 Å². The van der Waals surface area contributed by atoms with Crippen molar-refractivity contribution in [2.24, 2.45) is 12.8 Å². The topological polar surface area (TPSA) is 110 Å². The lowest BCUT2D eigenvalue weighted by atomic mass is 10.1. The molecule has 0 radical (unpaired) electrons. The number of carboxylic acids is 1. The maximum atomic E-state index is 12.1. The number of carbonyl (C=O) groups excluding carboxylic acids is 1. The molecular weight excluding hydrogens is 272 g/mol. The molecule has 21 heavy (non-hydrogen) atoms. The fourth-order valence-corrected chi connectivity index (χ4v) is 1.90. The number of benzene rings is 1. The van der Waals surface area contributed by atoms with Gasteiger partial charge in [0.15, 0.2) is 0 Å². The Labute approximate surface area is 121 Å². The van der Waals surface area contributed by atoms with Gasteiger partial charge in [-0.25, -0.2) is 4.79 Å². The van der Waals surface area contributed by atoms with Gasteiger partial charge in [0, 0.05) is 24.5 Å². The number of aromatic nitrogens is 2. The van der Waals surface area contributed by atoms with E-state index in [4.69, 9.17) is 10.8 Å². The van der Waals surface area contributed by atoms with Crippen LogP contribution in [0.25, 0.3) is 0 Å². The summed E-state index contributed by atoms with van der Waals surface area (Å²) in [6.07, 6.45) is 3.17. The number of amides is 1. The predicted molar refractivity (Wildman–Crippen MR) is 76.9 cm³/mol. The van der Waals surface area contributed by atoms with Crippen LogP contribution in [0.1, 0.15) is 27.5 Å². The quantitative estimate of drug-likeness (QED) is 0.779. The van der Waals surface area contributed by atoms with Gasteiger partial charge in [-0.1, -0.05) is 6.07 Å². The number of aryl methyl sites for hydroxylation is 2. The van der Waals surface area contributed by atoms with Crippen LogP contribution >= 0.6 is 0 Å². The number of carbonyl (C=O) groups is 2. The van der Waals surface area contributed by atoms with Crippen LogP contribution in [-0.4, -0.2) is 26.8 Å². The lowest BCUT2D eigenvalue weighted by Gasteiger charge is -2.11. The summed E-state index contributed by atoms with van der Waals surface area (Å²) in [4.78, 5) is 23.1. The number of hydrogen-bond acceptors (Lipinski definition) is 4. The van der Waals surface area contributed by atoms with Crippen molar-refractivity contribution in [3.05, 3.63) is 47.3 Å². The number of anilines is 1. The first-order valence-electron chi connectivity index (χ1n) is 6.27. The van der Waals surface area contributed by atoms with Gasteiger partial charge in [-0.2, -0.15) is 5.10 Å². The Morgan fingerprint density at radius 1 is 1.43 bits per heavy atom. The van der Waals surface area contributed by atoms with Crippen LogP contribution in [0, 0.1) is 6.92 Å². The summed E-state index contributed by atoms with van der Waals surface area (Å²) in [7, 11) is 1.73. The van der Waals surface area contributed by atoms with Gasteiger partial charge in [0.1, 0.15) is 6.04 Å². The molecule has 2 rings (SSSR count). The highest BCUT2D eigenvalue weighted by molar-refractivity contribution is 5.97. The van der Waals surface area contributed by atoms with Crippen molar-refractivity contribution in [2.45, 2.75) is 13.0 Å². The first-order valence-corrected chi connectivity index (χ1v) is 6.27. The molecule has 0 aliphatic rings. The standard InChI is InChI=1S/C14H16N4O3/c1-8-3-4-10(5-11(8)14(20)21)17-13(19)12(15)9-6-16-18(2)7-9/h3-7,12H,15H2,1-2H3,(H,17,19)(H,20,21). The summed E-state index contributed by atoms with van der Waals surface area (Å²) in [5, 5.41) is 15.6. The molecule has 110 valence electrons. The van der Waals surface area contributed by atoms with Crippen LogP contribution < -0.4 is 11.1 Å². The van der Waals surface area contributed by atoms with E-state index in [2.05, 4.69) is 10.4 Å². The average molecular weight is 288 g/mol. The smallest absolute Gasteiger partial charge is 0.336 e. The maximum Gasteiger partial charge on any atom is 0.336 e. The zero-order valence-corrected chi connectivity index (χ0v) is 11.7. The Morgan fingerprint density at radius 3 is 2.71 bits per heavy atom. The number of carboxylic acid groups (broad SMARTS) is 1. The molecule has 4 N–H and O–H groups in total. The van der Waals surface area contributed by atoms with Crippen LogP contribution in [0.4, 0.5) is 5.69 Å². The second-order valence-electron chi connectivity index (χ2n) is 4.75. The molecule has 1 heterocycles. The van der Waals surface area contributed by atoms with Crippen molar-refractivity contribution in [3.8, 4) is 0 Å². The number of nitrogens with two attached hydrogens (primary N) is 1. The third-order valence-electron chi connectivity index (χ3n) is 3.10. The van der Waals surface area contributed by atoms with Gasteiger partial charge in [-0.15, -0.1) is 0 Å². The summed E-state index contributed by atoms with van der Waals surface area (Å²) in [6, 6.07) is 3.81. The molecule has 0 spiro atoms. The maximum absolute atomic E-state index is 12.1. The molecule has 0 fully saturated rings. The molecule has 7 nitrogen and oxygen atoms in total. The summed E-state index contributed by atoms with van der Waals surface area (Å²) in [6.45, 7) is 1.69. The lowest BCUT2D eigenvalue weighted by Crippen LogP contribution is -2.27. The van der Waals surface area contributed by atoms with Crippen molar-refractivity contribution < 1.29 is 14.7 Å². The van der Waals surface area contributed by atoms with Crippen LogP contribution in [0.15, 0.2) is 30.6 Å². The molecule has 0 saturated heterocycles. The van der Waals surface area contributed by atoms with Crippen molar-refractivity contribution in [3.63, 3.8) is 0 Å². The van der Waals surface area contributed by atoms with Crippen LogP contribution in [0.5, 0.6) is 0 Å². The normalized spacial score (nSPS) is 12.0. The molecule has 0 saturated carbocycles. The van der Waals surface area contributed by atoms with Crippen LogP contribution in [0.2, 0.25) is 0 Å². The van der Waals surface area contributed by atoms with E-state index in [0.717, 1.165) is 0 Å². The second kappa shape index (κ2) is 5.76. The SMILES string of the molecule is Cc1ccc(NC(=O)C(N)c2cnn(C)c2)cc1C(=O)O. The minimum Gasteiger partial charge on any atom is -0.478 e. The number of nitrogens with one attached hydrogen (secondary N) is 1. The van der Waals surface area contributed by atoms with Gasteiger partial charge in [0.2, 0.25) is 5.91 Å². The first-order chi connectivity index (χ1) is 9.88. The summed E-state index contributed by atoms with van der Waals surface area (Å²) in [5.41, 5.74) is 7.58. The van der Waals surface area contributed by atoms with E-state index in [0.29, 0.717) is 16.8 Å². The largest absolute Gasteiger partial charge is 0.478 e. The first kappa shape index (κ1) is 14.7. The van der Waals surface area contributed by atoms with Crippen molar-refractivity contribution >= 4 is 17.6 Å². The summed E-state index contributed by atoms with van der Waals surface area (Å²) >= 11 is 0. The molecule has 1 atom stereocenters. The lowest BCUT2D eigenvalue weighted by molar-refractivity contribution is -0.117. The third-order valence-corrected chi connectivity index (χ3v) is 3.10. The molecule has 1 unspecified atom stereocenters. The zero-order chi connectivity index (χ0) is 15.6. The van der Waals surface area contributed by atoms with Gasteiger partial charge in [0.25, 0.3) is 0 Å². The van der Waals surface area contributed by atoms with Crippen molar-refractivity contribution in [1.29, 1.82) is 0 Å². The predicted octanol–water partition coefficient (Wildman–Crippen LogP) is 1.07. The van der Waals surface area contributed by atoms with E-state index in [1.54, 1.807) is 37.0 Å². The van der Waals surface area contributed by atoms with Gasteiger partial charge >= 0.3 is 5.97 Å². The summed E-state index contributed by atoms with van der Waals surface area (Å²) in [5.74, 6) is -1.47. The van der Waals surface area contributed by atoms with Gasteiger partial charge in [0.05, 0.1) is 11.8 Å². The molecular formula is C14H16N4O3. The number of nitrogens with zero attached hydrogens (tertiary/aromatic N) is 2. The fourth-order valence-electron chi connectivity index (χ4n) is 1.90. The van der Waals surface area contributed by atoms with E-state index in [1.165, 1.54) is 12.3 Å². The van der Waals surface area contributed by atoms with E-state index >= 15 is 0 Å². The second-order valence-corrected chi connectivity index (χ2v) is 4.75. The van der Waals surface area contributed by atoms with Crippen molar-refractivity contribution in [1.82, 2.24) is 9.78 Å². The molecule has 0 aliphatic heterocycles. The molecule has 0 bridgehead atoms. The Balaban J connectivity index is 2.16. The van der Waals surface area contributed by atoms with E-state index in [9.17, 15) is 9.59 Å². The Hall–Kier alpha value is -2.67. The van der Waals surface area contributed by atoms with E-state index in [-0.39, 0.29) is 5.56 Å². The van der Waals surface area contributed by atoms with Gasteiger partial charge in [-0.05, 0) is 24.6 Å². The van der Waals surface area contributed by atoms with Crippen molar-refractivity contribution in [2.75, 3.05) is 5.32 Å². The summed E-state index contributed by atoms with van der Waals surface area (Å²) < 4.78 is 1.55. The highest BCUT2D eigenvalue weighted by Crippen LogP contribution is 2.17. The van der Waals surface area contributed by atoms with Gasteiger partial charge in [-0.3, -0.25) is 9.48 Å². The van der Waals surface area contributed by atoms with Crippen LogP contribution in [-0.2, 0) is 11.8 Å². The number of rotatable bonds is 4. The van der Waals surface area contributed by atoms with Gasteiger partial charge < -0.3 is 16.2 Å². The van der Waals surface area contributed by atoms with Crippen LogP contribution in [0.3, 0.4) is 0 Å². The third kappa shape index (κ3) is 3.26. The molecule has 1 amide bonds. The monoisotopic (exact) mass is 288 g/mol. The molecule has 7 heteroatoms. The highest BCUT2D eigenvalue weighted by Gasteiger charge is 2.18. The zero-order valence-electron chi connectivity index (χ0n) is 11.7.